The molecule has 0 bridgehead atoms. The van der Waals surface area contributed by atoms with Gasteiger partial charge in [-0.2, -0.15) is 0 Å². The van der Waals surface area contributed by atoms with E-state index in [0.29, 0.717) is 17.8 Å². The summed E-state index contributed by atoms with van der Waals surface area (Å²) in [5, 5.41) is 1.12. The molecule has 2 aromatic rings. The van der Waals surface area contributed by atoms with Gasteiger partial charge in [-0.3, -0.25) is 0 Å². The normalized spacial score (nSPS) is 11.9. The average Bonchev–Trinajstić information content (AvgIpc) is 2.58. The molecule has 86 valence electrons. The Morgan fingerprint density at radius 3 is 2.50 bits per heavy atom. The first kappa shape index (κ1) is 11.0. The largest absolute Gasteiger partial charge is 0.383 e. The lowest BCUT2D eigenvalue weighted by atomic mass is 10.0. The Labute approximate surface area is 96.3 Å². The number of hydrogen-bond donors (Lipinski definition) is 1. The molecule has 0 unspecified atom stereocenters. The van der Waals surface area contributed by atoms with Crippen LogP contribution in [0.15, 0.2) is 18.5 Å². The SMILES string of the molecule is CC(C)c1cn(C(C)C)c2ccnc(N)c12. The Kier molecular flexibility index (Phi) is 2.62. The summed E-state index contributed by atoms with van der Waals surface area (Å²) in [6.07, 6.45) is 3.98. The molecule has 2 aromatic heterocycles. The standard InChI is InChI=1S/C13H19N3/c1-8(2)10-7-16(9(3)4)11-5-6-15-13(14)12(10)11/h5-9H,1-4H3,(H2,14,15). The fourth-order valence-corrected chi connectivity index (χ4v) is 2.13. The van der Waals surface area contributed by atoms with Gasteiger partial charge in [0.25, 0.3) is 0 Å². The molecule has 0 amide bonds. The first-order chi connectivity index (χ1) is 7.52. The third-order valence-corrected chi connectivity index (χ3v) is 2.98. The summed E-state index contributed by atoms with van der Waals surface area (Å²) in [4.78, 5) is 4.19. The molecule has 0 spiro atoms. The predicted octanol–water partition coefficient (Wildman–Crippen LogP) is 3.32. The lowest BCUT2D eigenvalue weighted by Crippen LogP contribution is -1.98. The van der Waals surface area contributed by atoms with Crippen LogP contribution < -0.4 is 5.73 Å². The lowest BCUT2D eigenvalue weighted by Gasteiger charge is -2.08. The van der Waals surface area contributed by atoms with Crippen LogP contribution in [0.25, 0.3) is 10.9 Å². The maximum absolute atomic E-state index is 5.98. The van der Waals surface area contributed by atoms with Crippen molar-refractivity contribution in [1.29, 1.82) is 0 Å². The first-order valence-corrected chi connectivity index (χ1v) is 5.77. The Balaban J connectivity index is 2.82. The van der Waals surface area contributed by atoms with Gasteiger partial charge in [-0.15, -0.1) is 0 Å². The van der Waals surface area contributed by atoms with Gasteiger partial charge in [0.1, 0.15) is 5.82 Å². The van der Waals surface area contributed by atoms with Crippen LogP contribution in [0.1, 0.15) is 45.2 Å². The van der Waals surface area contributed by atoms with Crippen LogP contribution in [-0.4, -0.2) is 9.55 Å². The van der Waals surface area contributed by atoms with E-state index in [4.69, 9.17) is 5.73 Å². The van der Waals surface area contributed by atoms with Gasteiger partial charge in [0.05, 0.1) is 5.52 Å². The molecule has 0 aliphatic rings. The highest BCUT2D eigenvalue weighted by Gasteiger charge is 2.15. The topological polar surface area (TPSA) is 43.8 Å². The predicted molar refractivity (Wildman–Crippen MR) is 68.6 cm³/mol. The minimum atomic E-state index is 0.441. The van der Waals surface area contributed by atoms with Gasteiger partial charge in [-0.25, -0.2) is 4.98 Å². The van der Waals surface area contributed by atoms with Crippen LogP contribution in [-0.2, 0) is 0 Å². The second kappa shape index (κ2) is 3.81. The van der Waals surface area contributed by atoms with Gasteiger partial charge >= 0.3 is 0 Å². The highest BCUT2D eigenvalue weighted by molar-refractivity contribution is 5.92. The summed E-state index contributed by atoms with van der Waals surface area (Å²) in [7, 11) is 0. The summed E-state index contributed by atoms with van der Waals surface area (Å²) >= 11 is 0. The van der Waals surface area contributed by atoms with E-state index in [9.17, 15) is 0 Å². The Hall–Kier alpha value is -1.51. The van der Waals surface area contributed by atoms with Gasteiger partial charge in [0.15, 0.2) is 0 Å². The van der Waals surface area contributed by atoms with E-state index in [1.807, 2.05) is 6.07 Å². The number of aromatic nitrogens is 2. The summed E-state index contributed by atoms with van der Waals surface area (Å²) in [5.74, 6) is 1.11. The average molecular weight is 217 g/mol. The molecule has 0 atom stereocenters. The summed E-state index contributed by atoms with van der Waals surface area (Å²) < 4.78 is 2.27. The third-order valence-electron chi connectivity index (χ3n) is 2.98. The fraction of sp³-hybridized carbons (Fsp3) is 0.462. The van der Waals surface area contributed by atoms with Gasteiger partial charge < -0.3 is 10.3 Å². The minimum Gasteiger partial charge on any atom is -0.383 e. The van der Waals surface area contributed by atoms with Gasteiger partial charge in [-0.1, -0.05) is 13.8 Å². The number of anilines is 1. The fourth-order valence-electron chi connectivity index (χ4n) is 2.13. The smallest absolute Gasteiger partial charge is 0.133 e. The Morgan fingerprint density at radius 1 is 1.25 bits per heavy atom. The van der Waals surface area contributed by atoms with Crippen LogP contribution in [0.3, 0.4) is 0 Å². The second-order valence-corrected chi connectivity index (χ2v) is 4.83. The molecule has 0 saturated heterocycles. The highest BCUT2D eigenvalue weighted by atomic mass is 15.0. The molecule has 0 aliphatic carbocycles. The van der Waals surface area contributed by atoms with E-state index in [0.717, 1.165) is 5.39 Å². The van der Waals surface area contributed by atoms with Crippen LogP contribution in [0.4, 0.5) is 5.82 Å². The van der Waals surface area contributed by atoms with Gasteiger partial charge in [-0.05, 0) is 31.4 Å². The number of nitrogens with two attached hydrogens (primary N) is 1. The monoisotopic (exact) mass is 217 g/mol. The van der Waals surface area contributed by atoms with Crippen LogP contribution >= 0.6 is 0 Å². The molecular weight excluding hydrogens is 198 g/mol. The van der Waals surface area contributed by atoms with E-state index in [2.05, 4.69) is 43.4 Å². The van der Waals surface area contributed by atoms with Crippen molar-refractivity contribution in [3.05, 3.63) is 24.0 Å². The molecule has 0 aliphatic heterocycles. The molecule has 0 radical (unpaired) electrons. The zero-order chi connectivity index (χ0) is 11.9. The van der Waals surface area contributed by atoms with E-state index < -0.39 is 0 Å². The van der Waals surface area contributed by atoms with Crippen molar-refractivity contribution in [3.63, 3.8) is 0 Å². The van der Waals surface area contributed by atoms with E-state index in [1.54, 1.807) is 6.20 Å². The van der Waals surface area contributed by atoms with Crippen molar-refractivity contribution >= 4 is 16.7 Å². The van der Waals surface area contributed by atoms with Gasteiger partial charge in [0, 0.05) is 23.8 Å². The number of rotatable bonds is 2. The minimum absolute atomic E-state index is 0.441. The van der Waals surface area contributed by atoms with Gasteiger partial charge in [0.2, 0.25) is 0 Å². The number of nitrogens with zero attached hydrogens (tertiary/aromatic N) is 2. The molecule has 16 heavy (non-hydrogen) atoms. The van der Waals surface area contributed by atoms with Crippen LogP contribution in [0, 0.1) is 0 Å². The van der Waals surface area contributed by atoms with Crippen LogP contribution in [0.5, 0.6) is 0 Å². The molecule has 0 fully saturated rings. The molecule has 0 aromatic carbocycles. The van der Waals surface area contributed by atoms with Crippen molar-refractivity contribution in [2.24, 2.45) is 0 Å². The van der Waals surface area contributed by atoms with E-state index >= 15 is 0 Å². The quantitative estimate of drug-likeness (QED) is 0.838. The maximum Gasteiger partial charge on any atom is 0.133 e. The molecule has 2 rings (SSSR count). The summed E-state index contributed by atoms with van der Waals surface area (Å²) in [6, 6.07) is 2.48. The van der Waals surface area contributed by atoms with Crippen molar-refractivity contribution in [2.75, 3.05) is 5.73 Å². The molecule has 3 heteroatoms. The number of hydrogen-bond acceptors (Lipinski definition) is 2. The zero-order valence-corrected chi connectivity index (χ0v) is 10.4. The lowest BCUT2D eigenvalue weighted by molar-refractivity contribution is 0.619. The van der Waals surface area contributed by atoms with Crippen molar-refractivity contribution < 1.29 is 0 Å². The Bertz CT molecular complexity index is 509. The van der Waals surface area contributed by atoms with E-state index in [-0.39, 0.29) is 0 Å². The molecule has 2 N–H and O–H groups in total. The van der Waals surface area contributed by atoms with Crippen molar-refractivity contribution in [3.8, 4) is 0 Å². The Morgan fingerprint density at radius 2 is 1.94 bits per heavy atom. The van der Waals surface area contributed by atoms with E-state index in [1.165, 1.54) is 11.1 Å². The van der Waals surface area contributed by atoms with Crippen molar-refractivity contribution in [2.45, 2.75) is 39.7 Å². The molecule has 0 saturated carbocycles. The number of fused-ring (bicyclic) bond motifs is 1. The highest BCUT2D eigenvalue weighted by Crippen LogP contribution is 2.32. The van der Waals surface area contributed by atoms with Crippen molar-refractivity contribution in [1.82, 2.24) is 9.55 Å². The summed E-state index contributed by atoms with van der Waals surface area (Å²) in [5.41, 5.74) is 8.46. The molecular formula is C13H19N3. The first-order valence-electron chi connectivity index (χ1n) is 5.77. The third kappa shape index (κ3) is 1.56. The maximum atomic E-state index is 5.98. The zero-order valence-electron chi connectivity index (χ0n) is 10.4. The molecule has 2 heterocycles. The number of pyridine rings is 1. The summed E-state index contributed by atoms with van der Waals surface area (Å²) in [6.45, 7) is 8.73. The number of nitrogen functional groups attached to an aromatic ring is 1. The van der Waals surface area contributed by atoms with Crippen LogP contribution in [0.2, 0.25) is 0 Å². The molecule has 3 nitrogen and oxygen atoms in total. The second-order valence-electron chi connectivity index (χ2n) is 4.83.